The molecular weight excluding hydrogens is 320 g/mol. The topological polar surface area (TPSA) is 59.8 Å². The largest absolute Gasteiger partial charge is 0.377 e. The fraction of sp³-hybridized carbons (Fsp3) is 0.778. The van der Waals surface area contributed by atoms with Crippen molar-refractivity contribution in [1.29, 1.82) is 0 Å². The summed E-state index contributed by atoms with van der Waals surface area (Å²) in [7, 11) is 1.95. The van der Waals surface area contributed by atoms with Gasteiger partial charge in [0.25, 0.3) is 0 Å². The number of aromatic nitrogens is 2. The molecule has 7 heteroatoms. The summed E-state index contributed by atoms with van der Waals surface area (Å²) in [5.74, 6) is 1.12. The van der Waals surface area contributed by atoms with Crippen molar-refractivity contribution in [3.8, 4) is 0 Å². The van der Waals surface area contributed by atoms with Crippen LogP contribution in [0.5, 0.6) is 0 Å². The Hall–Kier alpha value is -1.44. The molecule has 0 unspecified atom stereocenters. The number of rotatable bonds is 4. The van der Waals surface area contributed by atoms with E-state index in [0.29, 0.717) is 24.9 Å². The first-order valence-corrected chi connectivity index (χ1v) is 9.44. The van der Waals surface area contributed by atoms with E-state index in [1.54, 1.807) is 5.06 Å². The van der Waals surface area contributed by atoms with Crippen LogP contribution in [0.2, 0.25) is 0 Å². The van der Waals surface area contributed by atoms with Gasteiger partial charge >= 0.3 is 0 Å². The number of likely N-dealkylation sites (tertiary alicyclic amines) is 1. The number of hydrogen-bond acceptors (Lipinski definition) is 5. The van der Waals surface area contributed by atoms with Crippen molar-refractivity contribution >= 4 is 5.91 Å². The van der Waals surface area contributed by atoms with Gasteiger partial charge in [-0.05, 0) is 31.7 Å². The van der Waals surface area contributed by atoms with Crippen molar-refractivity contribution in [3.05, 3.63) is 18.0 Å². The molecule has 0 aromatic carbocycles. The first-order valence-electron chi connectivity index (χ1n) is 9.44. The number of amides is 1. The van der Waals surface area contributed by atoms with E-state index < -0.39 is 0 Å². The second kappa shape index (κ2) is 7.43. The lowest BCUT2D eigenvalue weighted by atomic mass is 9.83. The number of piperidine rings is 1. The van der Waals surface area contributed by atoms with Crippen LogP contribution >= 0.6 is 0 Å². The van der Waals surface area contributed by atoms with Crippen molar-refractivity contribution < 1.29 is 14.4 Å². The van der Waals surface area contributed by atoms with Crippen molar-refractivity contribution in [2.75, 3.05) is 32.8 Å². The highest BCUT2D eigenvalue weighted by Gasteiger charge is 2.42. The number of carbonyl (C=O) groups excluding carboxylic acids is 1. The number of hydroxylamine groups is 2. The lowest BCUT2D eigenvalue weighted by molar-refractivity contribution is -0.199. The predicted octanol–water partition coefficient (Wildman–Crippen LogP) is 1.20. The molecule has 4 heterocycles. The van der Waals surface area contributed by atoms with Crippen LogP contribution in [0.3, 0.4) is 0 Å². The molecule has 138 valence electrons. The standard InChI is InChI=1S/C18H28N4O3/c1-20-10-14(9-19-20)11-21-6-4-16-15(12-21)13-24-17(16)8-18(23)22-5-2-3-7-25-22/h9-10,15-17H,2-8,11-13H2,1H3/t15-,16-,17-/m1/s1. The summed E-state index contributed by atoms with van der Waals surface area (Å²) in [5.41, 5.74) is 1.26. The molecule has 25 heavy (non-hydrogen) atoms. The van der Waals surface area contributed by atoms with Gasteiger partial charge in [0, 0.05) is 44.4 Å². The van der Waals surface area contributed by atoms with Crippen LogP contribution in [-0.4, -0.2) is 64.6 Å². The molecule has 0 bridgehead atoms. The minimum absolute atomic E-state index is 0.0589. The zero-order valence-electron chi connectivity index (χ0n) is 15.0. The minimum atomic E-state index is 0.0589. The van der Waals surface area contributed by atoms with Gasteiger partial charge in [0.2, 0.25) is 5.91 Å². The number of ether oxygens (including phenoxy) is 1. The third-order valence-electron chi connectivity index (χ3n) is 5.70. The molecule has 7 nitrogen and oxygen atoms in total. The molecular formula is C18H28N4O3. The summed E-state index contributed by atoms with van der Waals surface area (Å²) in [6, 6.07) is 0. The summed E-state index contributed by atoms with van der Waals surface area (Å²) < 4.78 is 7.87. The van der Waals surface area contributed by atoms with E-state index in [0.717, 1.165) is 52.0 Å². The van der Waals surface area contributed by atoms with Gasteiger partial charge in [-0.25, -0.2) is 5.06 Å². The maximum absolute atomic E-state index is 12.4. The van der Waals surface area contributed by atoms with Gasteiger partial charge < -0.3 is 4.74 Å². The smallest absolute Gasteiger partial charge is 0.248 e. The molecule has 1 aromatic heterocycles. The van der Waals surface area contributed by atoms with Crippen LogP contribution in [0.4, 0.5) is 0 Å². The zero-order valence-corrected chi connectivity index (χ0v) is 15.0. The third kappa shape index (κ3) is 3.88. The second-order valence-electron chi connectivity index (χ2n) is 7.58. The van der Waals surface area contributed by atoms with Gasteiger partial charge in [0.05, 0.1) is 31.9 Å². The van der Waals surface area contributed by atoms with Gasteiger partial charge in [-0.1, -0.05) is 0 Å². The summed E-state index contributed by atoms with van der Waals surface area (Å²) in [5, 5.41) is 5.80. The number of hydrogen-bond donors (Lipinski definition) is 0. The van der Waals surface area contributed by atoms with Crippen molar-refractivity contribution in [2.24, 2.45) is 18.9 Å². The fourth-order valence-electron chi connectivity index (χ4n) is 4.40. The fourth-order valence-corrected chi connectivity index (χ4v) is 4.40. The molecule has 3 aliphatic heterocycles. The van der Waals surface area contributed by atoms with Crippen LogP contribution in [0.1, 0.15) is 31.2 Å². The number of nitrogens with zero attached hydrogens (tertiary/aromatic N) is 4. The highest BCUT2D eigenvalue weighted by Crippen LogP contribution is 2.36. The maximum Gasteiger partial charge on any atom is 0.248 e. The Labute approximate surface area is 148 Å². The Balaban J connectivity index is 1.29. The van der Waals surface area contributed by atoms with Crippen LogP contribution in [0, 0.1) is 11.8 Å². The Morgan fingerprint density at radius 1 is 1.36 bits per heavy atom. The van der Waals surface area contributed by atoms with E-state index in [4.69, 9.17) is 9.57 Å². The zero-order chi connectivity index (χ0) is 17.2. The average Bonchev–Trinajstić information content (AvgIpc) is 3.22. The van der Waals surface area contributed by atoms with Gasteiger partial charge in [-0.3, -0.25) is 19.2 Å². The Morgan fingerprint density at radius 3 is 3.04 bits per heavy atom. The maximum atomic E-state index is 12.4. The van der Waals surface area contributed by atoms with E-state index in [1.165, 1.54) is 5.56 Å². The minimum Gasteiger partial charge on any atom is -0.377 e. The molecule has 3 aliphatic rings. The van der Waals surface area contributed by atoms with E-state index in [9.17, 15) is 4.79 Å². The Kier molecular flexibility index (Phi) is 5.05. The summed E-state index contributed by atoms with van der Waals surface area (Å²) in [6.07, 6.45) is 7.72. The molecule has 0 saturated carbocycles. The van der Waals surface area contributed by atoms with Crippen LogP contribution in [-0.2, 0) is 28.0 Å². The summed E-state index contributed by atoms with van der Waals surface area (Å²) in [6.45, 7) is 5.20. The normalized spacial score (nSPS) is 30.4. The molecule has 3 fully saturated rings. The van der Waals surface area contributed by atoms with Gasteiger partial charge in [0.15, 0.2) is 0 Å². The molecule has 0 N–H and O–H groups in total. The Morgan fingerprint density at radius 2 is 2.28 bits per heavy atom. The van der Waals surface area contributed by atoms with E-state index in [2.05, 4.69) is 16.2 Å². The second-order valence-corrected chi connectivity index (χ2v) is 7.58. The third-order valence-corrected chi connectivity index (χ3v) is 5.70. The Bertz CT molecular complexity index is 599. The molecule has 0 radical (unpaired) electrons. The molecule has 4 rings (SSSR count). The first kappa shape index (κ1) is 17.0. The first-order chi connectivity index (χ1) is 12.2. The van der Waals surface area contributed by atoms with E-state index >= 15 is 0 Å². The molecule has 3 saturated heterocycles. The summed E-state index contributed by atoms with van der Waals surface area (Å²) in [4.78, 5) is 20.4. The van der Waals surface area contributed by atoms with Crippen molar-refractivity contribution in [2.45, 2.75) is 38.3 Å². The lowest BCUT2D eigenvalue weighted by Crippen LogP contribution is -2.42. The van der Waals surface area contributed by atoms with Gasteiger partial charge in [-0.15, -0.1) is 0 Å². The van der Waals surface area contributed by atoms with Crippen LogP contribution in [0.25, 0.3) is 0 Å². The molecule has 3 atom stereocenters. The average molecular weight is 348 g/mol. The number of aryl methyl sites for hydroxylation is 1. The highest BCUT2D eigenvalue weighted by molar-refractivity contribution is 5.75. The number of fused-ring (bicyclic) bond motifs is 1. The van der Waals surface area contributed by atoms with Crippen molar-refractivity contribution in [1.82, 2.24) is 19.7 Å². The number of carbonyl (C=O) groups is 1. The highest BCUT2D eigenvalue weighted by atomic mass is 16.7. The lowest BCUT2D eigenvalue weighted by Gasteiger charge is -2.35. The van der Waals surface area contributed by atoms with Crippen LogP contribution in [0.15, 0.2) is 12.4 Å². The van der Waals surface area contributed by atoms with E-state index in [1.807, 2.05) is 17.9 Å². The SMILES string of the molecule is Cn1cc(CN2CC[C@@H]3[C@@H](CO[C@@H]3CC(=O)N3CCCCO3)C2)cn1. The molecule has 1 amide bonds. The monoisotopic (exact) mass is 348 g/mol. The predicted molar refractivity (Wildman–Crippen MR) is 91.3 cm³/mol. The summed E-state index contributed by atoms with van der Waals surface area (Å²) >= 11 is 0. The molecule has 0 aliphatic carbocycles. The van der Waals surface area contributed by atoms with Gasteiger partial charge in [0.1, 0.15) is 0 Å². The van der Waals surface area contributed by atoms with Gasteiger partial charge in [-0.2, -0.15) is 5.10 Å². The molecule has 0 spiro atoms. The molecule has 1 aromatic rings. The van der Waals surface area contributed by atoms with Crippen LogP contribution < -0.4 is 0 Å². The quantitative estimate of drug-likeness (QED) is 0.818. The van der Waals surface area contributed by atoms with E-state index in [-0.39, 0.29) is 12.0 Å². The van der Waals surface area contributed by atoms with Crippen molar-refractivity contribution in [3.63, 3.8) is 0 Å².